The van der Waals surface area contributed by atoms with Crippen LogP contribution >= 0.6 is 0 Å². The summed E-state index contributed by atoms with van der Waals surface area (Å²) >= 11 is 0. The molecule has 0 N–H and O–H groups in total. The van der Waals surface area contributed by atoms with E-state index in [2.05, 4.69) is 10.1 Å². The molecule has 0 unspecified atom stereocenters. The van der Waals surface area contributed by atoms with Gasteiger partial charge in [-0.15, -0.1) is 0 Å². The van der Waals surface area contributed by atoms with Crippen molar-refractivity contribution in [3.8, 4) is 11.5 Å². The Balaban J connectivity index is 1.15. The minimum absolute atomic E-state index is 0.0389. The highest BCUT2D eigenvalue weighted by molar-refractivity contribution is 5.92. The molecule has 3 aromatic rings. The normalized spacial score (nSPS) is 15.7. The van der Waals surface area contributed by atoms with Crippen LogP contribution in [-0.4, -0.2) is 40.8 Å². The third-order valence-corrected chi connectivity index (χ3v) is 5.05. The third kappa shape index (κ3) is 3.71. The fraction of sp³-hybridized carbons (Fsp3) is 0.227. The van der Waals surface area contributed by atoms with Crippen LogP contribution in [0.1, 0.15) is 28.8 Å². The van der Waals surface area contributed by atoms with Crippen LogP contribution in [0, 0.1) is 0 Å². The van der Waals surface area contributed by atoms with E-state index in [1.807, 2.05) is 48.5 Å². The maximum absolute atomic E-state index is 12.4. The molecule has 146 valence electrons. The lowest BCUT2D eigenvalue weighted by atomic mass is 10.00. The van der Waals surface area contributed by atoms with Gasteiger partial charge in [0.15, 0.2) is 17.3 Å². The van der Waals surface area contributed by atoms with Crippen LogP contribution in [0.2, 0.25) is 0 Å². The van der Waals surface area contributed by atoms with Crippen LogP contribution in [0.3, 0.4) is 0 Å². The van der Waals surface area contributed by atoms with Gasteiger partial charge in [-0.1, -0.05) is 41.6 Å². The number of carbonyl (C=O) groups is 1. The fourth-order valence-corrected chi connectivity index (χ4v) is 3.39. The first-order valence-corrected chi connectivity index (χ1v) is 9.47. The number of ether oxygens (including phenoxy) is 2. The molecule has 1 fully saturated rings. The fourth-order valence-electron chi connectivity index (χ4n) is 3.39. The lowest BCUT2D eigenvalue weighted by Crippen LogP contribution is -2.47. The highest BCUT2D eigenvalue weighted by atomic mass is 16.7. The molecule has 2 aromatic carbocycles. The van der Waals surface area contributed by atoms with Gasteiger partial charge in [-0.3, -0.25) is 4.79 Å². The van der Waals surface area contributed by atoms with Crippen molar-refractivity contribution in [1.82, 2.24) is 15.0 Å². The Bertz CT molecular complexity index is 1050. The number of carbonyl (C=O) groups excluding carboxylic acids is 1. The van der Waals surface area contributed by atoms with Crippen molar-refractivity contribution in [3.05, 3.63) is 77.4 Å². The number of hydrogen-bond acceptors (Lipinski definition) is 6. The summed E-state index contributed by atoms with van der Waals surface area (Å²) in [6.45, 7) is 1.40. The number of aromatic nitrogens is 2. The smallest absolute Gasteiger partial charge is 0.246 e. The second kappa shape index (κ2) is 7.43. The monoisotopic (exact) mass is 389 g/mol. The molecule has 2 aliphatic heterocycles. The molecule has 1 aromatic heterocycles. The van der Waals surface area contributed by atoms with Gasteiger partial charge in [0.1, 0.15) is 0 Å². The lowest BCUT2D eigenvalue weighted by molar-refractivity contribution is -0.130. The molecule has 3 heterocycles. The number of amides is 1. The average molecular weight is 389 g/mol. The average Bonchev–Trinajstić information content (AvgIpc) is 3.35. The van der Waals surface area contributed by atoms with E-state index in [0.717, 1.165) is 16.9 Å². The number of likely N-dealkylation sites (tertiary alicyclic amines) is 1. The van der Waals surface area contributed by atoms with Gasteiger partial charge >= 0.3 is 0 Å². The second-order valence-electron chi connectivity index (χ2n) is 7.10. The zero-order chi connectivity index (χ0) is 19.6. The number of nitrogens with zero attached hydrogens (tertiary/aromatic N) is 3. The van der Waals surface area contributed by atoms with Crippen molar-refractivity contribution in [2.75, 3.05) is 19.9 Å². The topological polar surface area (TPSA) is 77.7 Å². The molecule has 1 saturated heterocycles. The molecule has 0 saturated carbocycles. The van der Waals surface area contributed by atoms with E-state index >= 15 is 0 Å². The van der Waals surface area contributed by atoms with Crippen molar-refractivity contribution in [2.45, 2.75) is 12.3 Å². The van der Waals surface area contributed by atoms with Crippen molar-refractivity contribution < 1.29 is 18.8 Å². The predicted octanol–water partition coefficient (Wildman–Crippen LogP) is 3.03. The van der Waals surface area contributed by atoms with Gasteiger partial charge in [0.05, 0.1) is 5.92 Å². The first-order valence-electron chi connectivity index (χ1n) is 9.47. The molecule has 0 aliphatic carbocycles. The van der Waals surface area contributed by atoms with E-state index in [1.165, 1.54) is 0 Å². The Morgan fingerprint density at radius 3 is 2.79 bits per heavy atom. The molecule has 0 bridgehead atoms. The van der Waals surface area contributed by atoms with Crippen LogP contribution in [-0.2, 0) is 11.2 Å². The maximum atomic E-state index is 12.4. The molecule has 2 aliphatic rings. The standard InChI is InChI=1S/C22H19N3O4/c26-21(9-7-16-6-8-18-19(10-16)28-14-27-18)25-12-17(13-25)22-23-20(24-29-22)11-15-4-2-1-3-5-15/h1-10,17H,11-14H2/b9-7+. The minimum atomic E-state index is -0.0389. The molecule has 0 spiro atoms. The molecule has 7 heteroatoms. The Hall–Kier alpha value is -3.61. The van der Waals surface area contributed by atoms with Gasteiger partial charge < -0.3 is 18.9 Å². The van der Waals surface area contributed by atoms with Crippen LogP contribution in [0.25, 0.3) is 6.08 Å². The van der Waals surface area contributed by atoms with E-state index in [0.29, 0.717) is 37.0 Å². The molecule has 29 heavy (non-hydrogen) atoms. The highest BCUT2D eigenvalue weighted by Crippen LogP contribution is 2.33. The summed E-state index contributed by atoms with van der Waals surface area (Å²) in [6.07, 6.45) is 3.99. The van der Waals surface area contributed by atoms with Crippen LogP contribution in [0.5, 0.6) is 11.5 Å². The second-order valence-corrected chi connectivity index (χ2v) is 7.10. The largest absolute Gasteiger partial charge is 0.454 e. The molecule has 5 rings (SSSR count). The Labute approximate surface area is 167 Å². The van der Waals surface area contributed by atoms with E-state index in [4.69, 9.17) is 14.0 Å². The van der Waals surface area contributed by atoms with Crippen LogP contribution in [0.4, 0.5) is 0 Å². The first kappa shape index (κ1) is 17.5. The zero-order valence-electron chi connectivity index (χ0n) is 15.7. The molecular weight excluding hydrogens is 370 g/mol. The summed E-state index contributed by atoms with van der Waals surface area (Å²) in [7, 11) is 0. The minimum Gasteiger partial charge on any atom is -0.454 e. The highest BCUT2D eigenvalue weighted by Gasteiger charge is 2.34. The molecular formula is C22H19N3O4. The van der Waals surface area contributed by atoms with Crippen molar-refractivity contribution in [2.24, 2.45) is 0 Å². The zero-order valence-corrected chi connectivity index (χ0v) is 15.7. The van der Waals surface area contributed by atoms with Gasteiger partial charge in [0, 0.05) is 25.6 Å². The third-order valence-electron chi connectivity index (χ3n) is 5.05. The number of rotatable bonds is 5. The summed E-state index contributed by atoms with van der Waals surface area (Å²) in [5.41, 5.74) is 2.03. The van der Waals surface area contributed by atoms with Gasteiger partial charge in [-0.05, 0) is 29.3 Å². The number of benzene rings is 2. The van der Waals surface area contributed by atoms with Crippen molar-refractivity contribution in [3.63, 3.8) is 0 Å². The van der Waals surface area contributed by atoms with E-state index in [9.17, 15) is 4.79 Å². The number of hydrogen-bond donors (Lipinski definition) is 0. The Morgan fingerprint density at radius 1 is 1.10 bits per heavy atom. The predicted molar refractivity (Wildman–Crippen MR) is 104 cm³/mol. The Morgan fingerprint density at radius 2 is 1.93 bits per heavy atom. The van der Waals surface area contributed by atoms with Crippen molar-refractivity contribution in [1.29, 1.82) is 0 Å². The Kier molecular flexibility index (Phi) is 4.48. The SMILES string of the molecule is O=C(/C=C/c1ccc2c(c1)OCO2)N1CC(c2nc(Cc3ccccc3)no2)C1. The van der Waals surface area contributed by atoms with Crippen LogP contribution < -0.4 is 9.47 Å². The van der Waals surface area contributed by atoms with Crippen LogP contribution in [0.15, 0.2) is 59.1 Å². The summed E-state index contributed by atoms with van der Waals surface area (Å²) in [5.74, 6) is 2.74. The molecule has 0 atom stereocenters. The molecule has 1 amide bonds. The van der Waals surface area contributed by atoms with Gasteiger partial charge in [0.2, 0.25) is 18.6 Å². The lowest BCUT2D eigenvalue weighted by Gasteiger charge is -2.36. The first-order chi connectivity index (χ1) is 14.2. The maximum Gasteiger partial charge on any atom is 0.246 e. The molecule has 7 nitrogen and oxygen atoms in total. The van der Waals surface area contributed by atoms with Gasteiger partial charge in [-0.2, -0.15) is 4.98 Å². The quantitative estimate of drug-likeness (QED) is 0.624. The van der Waals surface area contributed by atoms with Gasteiger partial charge in [-0.25, -0.2) is 0 Å². The summed E-state index contributed by atoms with van der Waals surface area (Å²) < 4.78 is 16.0. The molecule has 0 radical (unpaired) electrons. The number of fused-ring (bicyclic) bond motifs is 1. The van der Waals surface area contributed by atoms with Gasteiger partial charge in [0.25, 0.3) is 0 Å². The summed E-state index contributed by atoms with van der Waals surface area (Å²) in [5, 5.41) is 4.06. The summed E-state index contributed by atoms with van der Waals surface area (Å²) in [4.78, 5) is 18.6. The summed E-state index contributed by atoms with van der Waals surface area (Å²) in [6, 6.07) is 15.6. The van der Waals surface area contributed by atoms with E-state index < -0.39 is 0 Å². The van der Waals surface area contributed by atoms with E-state index in [-0.39, 0.29) is 18.6 Å². The van der Waals surface area contributed by atoms with E-state index in [1.54, 1.807) is 17.1 Å². The van der Waals surface area contributed by atoms with Crippen molar-refractivity contribution >= 4 is 12.0 Å².